The number of benzene rings is 1. The quantitative estimate of drug-likeness (QED) is 0.743. The van der Waals surface area contributed by atoms with Gasteiger partial charge in [-0.2, -0.15) is 0 Å². The Labute approximate surface area is 129 Å². The van der Waals surface area contributed by atoms with E-state index in [2.05, 4.69) is 24.1 Å². The van der Waals surface area contributed by atoms with E-state index in [-0.39, 0.29) is 0 Å². The van der Waals surface area contributed by atoms with Crippen LogP contribution < -0.4 is 10.1 Å². The van der Waals surface area contributed by atoms with E-state index in [0.717, 1.165) is 31.9 Å². The highest BCUT2D eigenvalue weighted by Crippen LogP contribution is 2.14. The van der Waals surface area contributed by atoms with Crippen molar-refractivity contribution in [3.05, 3.63) is 30.3 Å². The molecule has 0 saturated carbocycles. The topological polar surface area (TPSA) is 24.5 Å². The van der Waals surface area contributed by atoms with Crippen molar-refractivity contribution in [1.29, 1.82) is 0 Å². The van der Waals surface area contributed by atoms with E-state index in [0.29, 0.717) is 12.1 Å². The Morgan fingerprint density at radius 1 is 1.24 bits per heavy atom. The van der Waals surface area contributed by atoms with Crippen LogP contribution in [0.2, 0.25) is 0 Å². The second-order valence-electron chi connectivity index (χ2n) is 5.97. The molecule has 1 aliphatic heterocycles. The molecule has 1 saturated heterocycles. The summed E-state index contributed by atoms with van der Waals surface area (Å²) in [7, 11) is 0. The summed E-state index contributed by atoms with van der Waals surface area (Å²) in [5.74, 6) is 0.980. The first-order valence-corrected chi connectivity index (χ1v) is 8.48. The molecule has 0 spiro atoms. The average Bonchev–Trinajstić information content (AvgIpc) is 2.53. The van der Waals surface area contributed by atoms with Crippen molar-refractivity contribution in [2.24, 2.45) is 0 Å². The fraction of sp³-hybridized carbons (Fsp3) is 0.667. The highest BCUT2D eigenvalue weighted by molar-refractivity contribution is 5.20. The van der Waals surface area contributed by atoms with E-state index in [9.17, 15) is 0 Å². The number of rotatable bonds is 8. The molecule has 3 nitrogen and oxygen atoms in total. The monoisotopic (exact) mass is 290 g/mol. The molecule has 1 aliphatic rings. The van der Waals surface area contributed by atoms with Crippen molar-refractivity contribution >= 4 is 0 Å². The van der Waals surface area contributed by atoms with Crippen molar-refractivity contribution in [1.82, 2.24) is 10.2 Å². The van der Waals surface area contributed by atoms with Crippen LogP contribution in [0.15, 0.2) is 30.3 Å². The third kappa shape index (κ3) is 5.33. The lowest BCUT2D eigenvalue weighted by Crippen LogP contribution is -2.56. The van der Waals surface area contributed by atoms with Crippen LogP contribution in [-0.4, -0.2) is 43.2 Å². The normalized spacial score (nSPS) is 23.1. The summed E-state index contributed by atoms with van der Waals surface area (Å²) in [6.07, 6.45) is 4.88. The number of nitrogens with one attached hydrogen (secondary N) is 1. The van der Waals surface area contributed by atoms with Gasteiger partial charge in [-0.25, -0.2) is 0 Å². The third-order valence-corrected chi connectivity index (χ3v) is 4.32. The van der Waals surface area contributed by atoms with Gasteiger partial charge in [-0.3, -0.25) is 4.90 Å². The van der Waals surface area contributed by atoms with Gasteiger partial charge in [0.2, 0.25) is 0 Å². The van der Waals surface area contributed by atoms with Crippen LogP contribution >= 0.6 is 0 Å². The molecule has 1 aromatic rings. The minimum absolute atomic E-state index is 0.674. The molecule has 1 heterocycles. The standard InChI is InChI=1S/C18H30N2O/c1-3-9-16-15-20(17(4-2)14-19-16)12-8-13-21-18-10-6-5-7-11-18/h5-7,10-11,16-17,19H,3-4,8-9,12-15H2,1-2H3. The largest absolute Gasteiger partial charge is 0.494 e. The van der Waals surface area contributed by atoms with E-state index in [4.69, 9.17) is 4.74 Å². The van der Waals surface area contributed by atoms with Crippen molar-refractivity contribution in [3.63, 3.8) is 0 Å². The average molecular weight is 290 g/mol. The van der Waals surface area contributed by atoms with E-state index < -0.39 is 0 Å². The third-order valence-electron chi connectivity index (χ3n) is 4.32. The van der Waals surface area contributed by atoms with Gasteiger partial charge in [0.25, 0.3) is 0 Å². The molecule has 1 N–H and O–H groups in total. The number of piperazine rings is 1. The van der Waals surface area contributed by atoms with Gasteiger partial charge in [0.1, 0.15) is 5.75 Å². The second-order valence-corrected chi connectivity index (χ2v) is 5.97. The summed E-state index contributed by atoms with van der Waals surface area (Å²) in [6, 6.07) is 11.5. The van der Waals surface area contributed by atoms with Gasteiger partial charge in [-0.15, -0.1) is 0 Å². The summed E-state index contributed by atoms with van der Waals surface area (Å²) >= 11 is 0. The van der Waals surface area contributed by atoms with Gasteiger partial charge in [-0.1, -0.05) is 38.5 Å². The molecule has 0 radical (unpaired) electrons. The van der Waals surface area contributed by atoms with Gasteiger partial charge in [0.05, 0.1) is 6.61 Å². The summed E-state index contributed by atoms with van der Waals surface area (Å²) in [6.45, 7) is 8.85. The lowest BCUT2D eigenvalue weighted by Gasteiger charge is -2.40. The molecule has 21 heavy (non-hydrogen) atoms. The molecule has 118 valence electrons. The first-order valence-electron chi connectivity index (χ1n) is 8.48. The smallest absolute Gasteiger partial charge is 0.119 e. The summed E-state index contributed by atoms with van der Waals surface area (Å²) in [5, 5.41) is 3.69. The fourth-order valence-electron chi connectivity index (χ4n) is 3.12. The zero-order valence-electron chi connectivity index (χ0n) is 13.6. The zero-order valence-corrected chi connectivity index (χ0v) is 13.6. The second kappa shape index (κ2) is 9.06. The summed E-state index contributed by atoms with van der Waals surface area (Å²) in [5.41, 5.74) is 0. The van der Waals surface area contributed by atoms with Gasteiger partial charge >= 0.3 is 0 Å². The van der Waals surface area contributed by atoms with Crippen LogP contribution in [0.1, 0.15) is 39.5 Å². The van der Waals surface area contributed by atoms with Gasteiger partial charge in [0, 0.05) is 31.7 Å². The van der Waals surface area contributed by atoms with Crippen LogP contribution in [0.25, 0.3) is 0 Å². The Kier molecular flexibility index (Phi) is 7.04. The molecule has 1 fully saturated rings. The molecule has 2 unspecified atom stereocenters. The number of hydrogen-bond acceptors (Lipinski definition) is 3. The fourth-order valence-corrected chi connectivity index (χ4v) is 3.12. The van der Waals surface area contributed by atoms with Crippen LogP contribution in [0.4, 0.5) is 0 Å². The number of para-hydroxylation sites is 1. The molecule has 2 atom stereocenters. The molecule has 1 aromatic carbocycles. The predicted octanol–water partition coefficient (Wildman–Crippen LogP) is 3.31. The maximum atomic E-state index is 5.80. The molecule has 0 aliphatic carbocycles. The highest BCUT2D eigenvalue weighted by Gasteiger charge is 2.25. The Hall–Kier alpha value is -1.06. The van der Waals surface area contributed by atoms with Gasteiger partial charge in [0.15, 0.2) is 0 Å². The van der Waals surface area contributed by atoms with Crippen LogP contribution in [-0.2, 0) is 0 Å². The van der Waals surface area contributed by atoms with Crippen molar-refractivity contribution < 1.29 is 4.74 Å². The summed E-state index contributed by atoms with van der Waals surface area (Å²) in [4.78, 5) is 2.66. The van der Waals surface area contributed by atoms with Crippen molar-refractivity contribution in [2.75, 3.05) is 26.2 Å². The van der Waals surface area contributed by atoms with Crippen molar-refractivity contribution in [2.45, 2.75) is 51.6 Å². The Morgan fingerprint density at radius 3 is 2.76 bits per heavy atom. The molecule has 0 amide bonds. The predicted molar refractivity (Wildman–Crippen MR) is 88.9 cm³/mol. The maximum absolute atomic E-state index is 5.80. The SMILES string of the molecule is CCCC1CN(CCCOc2ccccc2)C(CC)CN1. The van der Waals surface area contributed by atoms with Gasteiger partial charge in [-0.05, 0) is 31.4 Å². The minimum atomic E-state index is 0.674. The lowest BCUT2D eigenvalue weighted by atomic mass is 10.0. The first kappa shape index (κ1) is 16.3. The Bertz CT molecular complexity index is 382. The van der Waals surface area contributed by atoms with Crippen LogP contribution in [0.3, 0.4) is 0 Å². The van der Waals surface area contributed by atoms with E-state index >= 15 is 0 Å². The number of ether oxygens (including phenoxy) is 1. The van der Waals surface area contributed by atoms with Crippen LogP contribution in [0.5, 0.6) is 5.75 Å². The molecule has 3 heteroatoms. The Morgan fingerprint density at radius 2 is 2.05 bits per heavy atom. The minimum Gasteiger partial charge on any atom is -0.494 e. The molecule has 0 aromatic heterocycles. The van der Waals surface area contributed by atoms with Crippen LogP contribution in [0, 0.1) is 0 Å². The zero-order chi connectivity index (χ0) is 14.9. The maximum Gasteiger partial charge on any atom is 0.119 e. The first-order chi connectivity index (χ1) is 10.3. The van der Waals surface area contributed by atoms with Gasteiger partial charge < -0.3 is 10.1 Å². The summed E-state index contributed by atoms with van der Waals surface area (Å²) < 4.78 is 5.80. The highest BCUT2D eigenvalue weighted by atomic mass is 16.5. The van der Waals surface area contributed by atoms with E-state index in [1.54, 1.807) is 0 Å². The Balaban J connectivity index is 1.71. The van der Waals surface area contributed by atoms with E-state index in [1.807, 2.05) is 30.3 Å². The molecule has 0 bridgehead atoms. The van der Waals surface area contributed by atoms with Crippen molar-refractivity contribution in [3.8, 4) is 5.75 Å². The molecular formula is C18H30N2O. The molecule has 2 rings (SSSR count). The number of hydrogen-bond donors (Lipinski definition) is 1. The van der Waals surface area contributed by atoms with E-state index in [1.165, 1.54) is 25.8 Å². The molecular weight excluding hydrogens is 260 g/mol. The number of nitrogens with zero attached hydrogens (tertiary/aromatic N) is 1. The lowest BCUT2D eigenvalue weighted by molar-refractivity contribution is 0.115.